The van der Waals surface area contributed by atoms with Gasteiger partial charge in [-0.15, -0.1) is 0 Å². The summed E-state index contributed by atoms with van der Waals surface area (Å²) in [5.74, 6) is 0. The number of rotatable bonds is 4. The summed E-state index contributed by atoms with van der Waals surface area (Å²) in [6.45, 7) is 1.71. The molecule has 2 rings (SSSR count). The van der Waals surface area contributed by atoms with E-state index in [0.29, 0.717) is 16.8 Å². The smallest absolute Gasteiger partial charge is 0.262 e. The molecular weight excluding hydrogens is 372 g/mol. The maximum atomic E-state index is 12.4. The first-order valence-electron chi connectivity index (χ1n) is 5.98. The normalized spacial score (nSPS) is 11.1. The standard InChI is InChI=1S/C14H13BrN2O2S2/c1-9-7-10(14(16)20)5-6-13(9)21(18,19)17-12-4-2-3-11(15)8-12/h2-8,17H,1H3,(H2,16,20). The van der Waals surface area contributed by atoms with Crippen LogP contribution in [0.3, 0.4) is 0 Å². The Bertz CT molecular complexity index is 804. The molecule has 2 aromatic carbocycles. The van der Waals surface area contributed by atoms with Crippen LogP contribution in [0.15, 0.2) is 51.8 Å². The molecular formula is C14H13BrN2O2S2. The maximum absolute atomic E-state index is 12.4. The van der Waals surface area contributed by atoms with Crippen molar-refractivity contribution in [3.8, 4) is 0 Å². The Hall–Kier alpha value is -1.44. The van der Waals surface area contributed by atoms with Gasteiger partial charge in [-0.05, 0) is 42.8 Å². The third-order valence-electron chi connectivity index (χ3n) is 2.83. The minimum atomic E-state index is -3.66. The van der Waals surface area contributed by atoms with Crippen molar-refractivity contribution < 1.29 is 8.42 Å². The molecule has 0 aliphatic heterocycles. The molecule has 0 radical (unpaired) electrons. The van der Waals surface area contributed by atoms with Gasteiger partial charge in [-0.2, -0.15) is 0 Å². The second-order valence-electron chi connectivity index (χ2n) is 4.46. The molecule has 0 aliphatic rings. The van der Waals surface area contributed by atoms with Gasteiger partial charge in [0.25, 0.3) is 10.0 Å². The number of benzene rings is 2. The van der Waals surface area contributed by atoms with Gasteiger partial charge in [-0.3, -0.25) is 4.72 Å². The first-order chi connectivity index (χ1) is 9.79. The minimum Gasteiger partial charge on any atom is -0.389 e. The van der Waals surface area contributed by atoms with Crippen LogP contribution in [0.4, 0.5) is 5.69 Å². The van der Waals surface area contributed by atoms with Gasteiger partial charge in [0.15, 0.2) is 0 Å². The van der Waals surface area contributed by atoms with Gasteiger partial charge in [0.2, 0.25) is 0 Å². The molecule has 3 N–H and O–H groups in total. The van der Waals surface area contributed by atoms with Gasteiger partial charge >= 0.3 is 0 Å². The first-order valence-corrected chi connectivity index (χ1v) is 8.67. The van der Waals surface area contributed by atoms with E-state index in [9.17, 15) is 8.42 Å². The van der Waals surface area contributed by atoms with Crippen LogP contribution in [0.25, 0.3) is 0 Å². The highest BCUT2D eigenvalue weighted by atomic mass is 79.9. The van der Waals surface area contributed by atoms with Crippen molar-refractivity contribution in [2.75, 3.05) is 4.72 Å². The van der Waals surface area contributed by atoms with Gasteiger partial charge < -0.3 is 5.73 Å². The predicted molar refractivity (Wildman–Crippen MR) is 92.0 cm³/mol. The quantitative estimate of drug-likeness (QED) is 0.793. The molecule has 0 fully saturated rings. The highest BCUT2D eigenvalue weighted by Crippen LogP contribution is 2.22. The van der Waals surface area contributed by atoms with Crippen LogP contribution in [0.5, 0.6) is 0 Å². The zero-order chi connectivity index (χ0) is 15.6. The van der Waals surface area contributed by atoms with E-state index in [4.69, 9.17) is 18.0 Å². The summed E-state index contributed by atoms with van der Waals surface area (Å²) in [5.41, 5.74) is 7.26. The third-order valence-corrected chi connectivity index (χ3v) is 5.10. The predicted octanol–water partition coefficient (Wildman–Crippen LogP) is 3.19. The third kappa shape index (κ3) is 3.81. The molecule has 0 aliphatic carbocycles. The molecule has 2 aromatic rings. The first kappa shape index (κ1) is 15.9. The number of hydrogen-bond acceptors (Lipinski definition) is 3. The van der Waals surface area contributed by atoms with E-state index in [-0.39, 0.29) is 9.88 Å². The van der Waals surface area contributed by atoms with Crippen molar-refractivity contribution in [3.63, 3.8) is 0 Å². The van der Waals surface area contributed by atoms with E-state index in [1.54, 1.807) is 37.3 Å². The van der Waals surface area contributed by atoms with E-state index < -0.39 is 10.0 Å². The Morgan fingerprint density at radius 2 is 1.95 bits per heavy atom. The molecule has 0 unspecified atom stereocenters. The molecule has 0 saturated carbocycles. The van der Waals surface area contributed by atoms with E-state index in [0.717, 1.165) is 4.47 Å². The number of sulfonamides is 1. The van der Waals surface area contributed by atoms with Crippen molar-refractivity contribution >= 4 is 48.8 Å². The van der Waals surface area contributed by atoms with Gasteiger partial charge in [0, 0.05) is 15.7 Å². The number of thiocarbonyl (C=S) groups is 1. The molecule has 0 amide bonds. The molecule has 4 nitrogen and oxygen atoms in total. The summed E-state index contributed by atoms with van der Waals surface area (Å²) in [7, 11) is -3.66. The van der Waals surface area contributed by atoms with Crippen LogP contribution < -0.4 is 10.5 Å². The fraction of sp³-hybridized carbons (Fsp3) is 0.0714. The van der Waals surface area contributed by atoms with Crippen molar-refractivity contribution in [2.24, 2.45) is 5.73 Å². The van der Waals surface area contributed by atoms with Gasteiger partial charge in [0.05, 0.1) is 4.90 Å². The van der Waals surface area contributed by atoms with Gasteiger partial charge in [-0.25, -0.2) is 8.42 Å². The second-order valence-corrected chi connectivity index (χ2v) is 7.47. The van der Waals surface area contributed by atoms with E-state index in [2.05, 4.69) is 20.7 Å². The zero-order valence-electron chi connectivity index (χ0n) is 11.1. The fourth-order valence-corrected chi connectivity index (χ4v) is 3.67. The molecule has 0 spiro atoms. The van der Waals surface area contributed by atoms with Crippen LogP contribution in [-0.2, 0) is 10.0 Å². The lowest BCUT2D eigenvalue weighted by molar-refractivity contribution is 0.600. The summed E-state index contributed by atoms with van der Waals surface area (Å²) in [5, 5.41) is 0. The highest BCUT2D eigenvalue weighted by molar-refractivity contribution is 9.10. The molecule has 21 heavy (non-hydrogen) atoms. The van der Waals surface area contributed by atoms with Crippen LogP contribution in [0.1, 0.15) is 11.1 Å². The van der Waals surface area contributed by atoms with E-state index in [1.165, 1.54) is 6.07 Å². The molecule has 0 bridgehead atoms. The number of anilines is 1. The van der Waals surface area contributed by atoms with Crippen LogP contribution in [0.2, 0.25) is 0 Å². The monoisotopic (exact) mass is 384 g/mol. The average Bonchev–Trinajstić information content (AvgIpc) is 2.37. The van der Waals surface area contributed by atoms with Crippen molar-refractivity contribution in [2.45, 2.75) is 11.8 Å². The Balaban J connectivity index is 2.38. The molecule has 0 aromatic heterocycles. The highest BCUT2D eigenvalue weighted by Gasteiger charge is 2.17. The number of nitrogens with two attached hydrogens (primary N) is 1. The molecule has 0 saturated heterocycles. The average molecular weight is 385 g/mol. The fourth-order valence-electron chi connectivity index (χ4n) is 1.87. The second kappa shape index (κ2) is 6.13. The van der Waals surface area contributed by atoms with Gasteiger partial charge in [0.1, 0.15) is 4.99 Å². The number of halogens is 1. The number of aryl methyl sites for hydroxylation is 1. The molecule has 0 heterocycles. The van der Waals surface area contributed by atoms with Crippen LogP contribution in [-0.4, -0.2) is 13.4 Å². The van der Waals surface area contributed by atoms with Crippen LogP contribution in [0, 0.1) is 6.92 Å². The summed E-state index contributed by atoms with van der Waals surface area (Å²) in [6, 6.07) is 11.7. The summed E-state index contributed by atoms with van der Waals surface area (Å²) < 4.78 is 28.2. The Kier molecular flexibility index (Phi) is 4.65. The van der Waals surface area contributed by atoms with E-state index in [1.807, 2.05) is 6.07 Å². The molecule has 7 heteroatoms. The SMILES string of the molecule is Cc1cc(C(N)=S)ccc1S(=O)(=O)Nc1cccc(Br)c1. The minimum absolute atomic E-state index is 0.197. The Morgan fingerprint density at radius 1 is 1.24 bits per heavy atom. The lowest BCUT2D eigenvalue weighted by Crippen LogP contribution is -2.15. The van der Waals surface area contributed by atoms with Gasteiger partial charge in [-0.1, -0.05) is 40.3 Å². The van der Waals surface area contributed by atoms with Crippen molar-refractivity contribution in [3.05, 3.63) is 58.1 Å². The Labute approximate surface area is 137 Å². The summed E-state index contributed by atoms with van der Waals surface area (Å²) in [4.78, 5) is 0.435. The number of nitrogens with one attached hydrogen (secondary N) is 1. The lowest BCUT2D eigenvalue weighted by atomic mass is 10.1. The molecule has 110 valence electrons. The Morgan fingerprint density at radius 3 is 2.52 bits per heavy atom. The summed E-state index contributed by atoms with van der Waals surface area (Å²) in [6.07, 6.45) is 0. The zero-order valence-corrected chi connectivity index (χ0v) is 14.3. The largest absolute Gasteiger partial charge is 0.389 e. The van der Waals surface area contributed by atoms with Crippen molar-refractivity contribution in [1.29, 1.82) is 0 Å². The summed E-state index contributed by atoms with van der Waals surface area (Å²) >= 11 is 8.19. The van der Waals surface area contributed by atoms with E-state index >= 15 is 0 Å². The lowest BCUT2D eigenvalue weighted by Gasteiger charge is -2.11. The maximum Gasteiger partial charge on any atom is 0.262 e. The van der Waals surface area contributed by atoms with Crippen molar-refractivity contribution in [1.82, 2.24) is 0 Å². The number of hydrogen-bond donors (Lipinski definition) is 2. The van der Waals surface area contributed by atoms with Crippen LogP contribution >= 0.6 is 28.1 Å². The molecule has 0 atom stereocenters. The topological polar surface area (TPSA) is 72.2 Å².